The molecule has 13 heteroatoms. The van der Waals surface area contributed by atoms with E-state index in [1.807, 2.05) is 4.98 Å². The lowest BCUT2D eigenvalue weighted by atomic mass is 10.2. The average molecular weight is 433 g/mol. The lowest BCUT2D eigenvalue weighted by Crippen LogP contribution is -2.36. The maximum atomic E-state index is 13.7. The van der Waals surface area contributed by atoms with Gasteiger partial charge in [-0.05, 0) is 6.07 Å². The van der Waals surface area contributed by atoms with Crippen molar-refractivity contribution in [3.63, 3.8) is 0 Å². The topological polar surface area (TPSA) is 112 Å². The molecule has 2 saturated heterocycles. The third-order valence-electron chi connectivity index (χ3n) is 4.58. The highest BCUT2D eigenvalue weighted by molar-refractivity contribution is 7.51. The van der Waals surface area contributed by atoms with Crippen molar-refractivity contribution in [3.8, 4) is 0 Å². The molecule has 1 aromatic heterocycles. The fourth-order valence-electron chi connectivity index (χ4n) is 3.12. The summed E-state index contributed by atoms with van der Waals surface area (Å²) in [6.45, 7) is -0.395. The van der Waals surface area contributed by atoms with Gasteiger partial charge in [0, 0.05) is 24.6 Å². The minimum Gasteiger partial charge on any atom is -0.349 e. The Labute approximate surface area is 161 Å². The zero-order chi connectivity index (χ0) is 20.8. The summed E-state index contributed by atoms with van der Waals surface area (Å²) < 4.78 is 70.1. The van der Waals surface area contributed by atoms with Gasteiger partial charge in [0.15, 0.2) is 0 Å². The quantitative estimate of drug-likeness (QED) is 0.704. The predicted octanol–water partition coefficient (Wildman–Crippen LogP) is 1.55. The molecule has 156 valence electrons. The summed E-state index contributed by atoms with van der Waals surface area (Å²) in [6.07, 6.45) is -1.65. The van der Waals surface area contributed by atoms with Crippen LogP contribution in [0.5, 0.6) is 0 Å². The van der Waals surface area contributed by atoms with Crippen LogP contribution in [0.4, 0.5) is 13.2 Å². The number of fused-ring (bicyclic) bond motifs is 1. The van der Waals surface area contributed by atoms with Crippen LogP contribution in [0.3, 0.4) is 0 Å². The second-order valence-electron chi connectivity index (χ2n) is 6.52. The SMILES string of the molecule is O=c1[nH]c(=O)n([C@H]2C[C@@H]3O[P@](=O)(NCc4ccc(F)cc4F)OC[C@H]3O2)cc1F. The van der Waals surface area contributed by atoms with E-state index in [4.69, 9.17) is 13.8 Å². The Hall–Kier alpha value is -2.24. The lowest BCUT2D eigenvalue weighted by molar-refractivity contribution is -0.0604. The molecule has 0 bridgehead atoms. The predicted molar refractivity (Wildman–Crippen MR) is 91.4 cm³/mol. The van der Waals surface area contributed by atoms with E-state index >= 15 is 0 Å². The Morgan fingerprint density at radius 2 is 2.00 bits per heavy atom. The minimum absolute atomic E-state index is 0.0377. The van der Waals surface area contributed by atoms with Crippen molar-refractivity contribution in [2.75, 3.05) is 6.61 Å². The Bertz CT molecular complexity index is 1110. The fourth-order valence-corrected chi connectivity index (χ4v) is 4.63. The first-order chi connectivity index (χ1) is 13.7. The highest BCUT2D eigenvalue weighted by Crippen LogP contribution is 2.52. The van der Waals surface area contributed by atoms with Crippen molar-refractivity contribution in [2.24, 2.45) is 0 Å². The van der Waals surface area contributed by atoms with Gasteiger partial charge in [-0.25, -0.2) is 23.2 Å². The van der Waals surface area contributed by atoms with Crippen LogP contribution in [0.2, 0.25) is 0 Å². The number of aromatic amines is 1. The first-order valence-electron chi connectivity index (χ1n) is 8.52. The highest BCUT2D eigenvalue weighted by Gasteiger charge is 2.47. The maximum absolute atomic E-state index is 13.7. The van der Waals surface area contributed by atoms with Gasteiger partial charge in [-0.1, -0.05) is 6.07 Å². The molecule has 0 radical (unpaired) electrons. The summed E-state index contributed by atoms with van der Waals surface area (Å²) in [4.78, 5) is 24.9. The van der Waals surface area contributed by atoms with Crippen molar-refractivity contribution in [3.05, 3.63) is 68.2 Å². The number of aromatic nitrogens is 2. The van der Waals surface area contributed by atoms with Crippen LogP contribution in [0, 0.1) is 17.5 Å². The summed E-state index contributed by atoms with van der Waals surface area (Å²) in [6, 6.07) is 2.95. The summed E-state index contributed by atoms with van der Waals surface area (Å²) in [5.74, 6) is -2.72. The van der Waals surface area contributed by atoms with E-state index in [9.17, 15) is 27.3 Å². The van der Waals surface area contributed by atoms with Gasteiger partial charge in [0.2, 0.25) is 5.82 Å². The van der Waals surface area contributed by atoms with Crippen LogP contribution >= 0.6 is 7.75 Å². The minimum atomic E-state index is -3.84. The molecular formula is C16H15F3N3O6P. The molecule has 0 aliphatic carbocycles. The number of hydrogen-bond donors (Lipinski definition) is 2. The van der Waals surface area contributed by atoms with E-state index in [1.54, 1.807) is 0 Å². The normalized spacial score (nSPS) is 29.0. The van der Waals surface area contributed by atoms with Crippen molar-refractivity contribution in [2.45, 2.75) is 31.4 Å². The number of hydrogen-bond acceptors (Lipinski definition) is 6. The maximum Gasteiger partial charge on any atom is 0.406 e. The van der Waals surface area contributed by atoms with E-state index < -0.39 is 54.9 Å². The van der Waals surface area contributed by atoms with Gasteiger partial charge in [0.25, 0.3) is 5.56 Å². The molecule has 0 saturated carbocycles. The van der Waals surface area contributed by atoms with Gasteiger partial charge < -0.3 is 4.74 Å². The Balaban J connectivity index is 1.45. The molecule has 4 rings (SSSR count). The first kappa shape index (κ1) is 20.0. The lowest BCUT2D eigenvalue weighted by Gasteiger charge is -2.30. The third kappa shape index (κ3) is 4.07. The zero-order valence-electron chi connectivity index (χ0n) is 14.6. The Morgan fingerprint density at radius 1 is 1.21 bits per heavy atom. The van der Waals surface area contributed by atoms with Gasteiger partial charge in [0.05, 0.1) is 12.8 Å². The standard InChI is InChI=1S/C16H15F3N3O6P/c17-9-2-1-8(10(18)3-9)5-20-29(25)26-7-13-12(28-29)4-14(27-13)22-6-11(19)15(23)21-16(22)24/h1-3,6,12-14H,4-5,7H2,(H,20,25)(H,21,23,24)/t12-,13+,14+,29-/m0/s1. The van der Waals surface area contributed by atoms with Crippen molar-refractivity contribution in [1.29, 1.82) is 0 Å². The smallest absolute Gasteiger partial charge is 0.349 e. The molecule has 9 nitrogen and oxygen atoms in total. The van der Waals surface area contributed by atoms with Gasteiger partial charge in [-0.2, -0.15) is 4.39 Å². The fraction of sp³-hybridized carbons (Fsp3) is 0.375. The molecule has 2 aliphatic heterocycles. The Kier molecular flexibility index (Phi) is 5.21. The largest absolute Gasteiger partial charge is 0.406 e. The second kappa shape index (κ2) is 7.54. The highest BCUT2D eigenvalue weighted by atomic mass is 31.2. The number of halogens is 3. The number of nitrogens with zero attached hydrogens (tertiary/aromatic N) is 1. The van der Waals surface area contributed by atoms with E-state index in [1.165, 1.54) is 6.07 Å². The molecule has 0 unspecified atom stereocenters. The van der Waals surface area contributed by atoms with Gasteiger partial charge in [-0.3, -0.25) is 23.4 Å². The molecule has 0 spiro atoms. The number of rotatable bonds is 4. The monoisotopic (exact) mass is 433 g/mol. The zero-order valence-corrected chi connectivity index (χ0v) is 15.5. The molecule has 0 amide bonds. The summed E-state index contributed by atoms with van der Waals surface area (Å²) in [5.41, 5.74) is -1.95. The van der Waals surface area contributed by atoms with E-state index in [2.05, 4.69) is 5.09 Å². The average Bonchev–Trinajstić information content (AvgIpc) is 3.06. The number of benzene rings is 1. The molecular weight excluding hydrogens is 418 g/mol. The number of ether oxygens (including phenoxy) is 1. The van der Waals surface area contributed by atoms with Gasteiger partial charge >= 0.3 is 13.4 Å². The number of nitrogens with one attached hydrogen (secondary N) is 2. The summed E-state index contributed by atoms with van der Waals surface area (Å²) >= 11 is 0. The molecule has 29 heavy (non-hydrogen) atoms. The molecule has 2 fully saturated rings. The molecule has 1 aromatic carbocycles. The van der Waals surface area contributed by atoms with Crippen molar-refractivity contribution < 1.29 is 31.5 Å². The van der Waals surface area contributed by atoms with E-state index in [0.717, 1.165) is 16.8 Å². The van der Waals surface area contributed by atoms with Crippen LogP contribution in [0.1, 0.15) is 18.2 Å². The van der Waals surface area contributed by atoms with Gasteiger partial charge in [-0.15, -0.1) is 0 Å². The van der Waals surface area contributed by atoms with E-state index in [-0.39, 0.29) is 25.1 Å². The number of H-pyrrole nitrogens is 1. The Morgan fingerprint density at radius 3 is 2.76 bits per heavy atom. The molecule has 2 N–H and O–H groups in total. The van der Waals surface area contributed by atoms with Crippen LogP contribution < -0.4 is 16.3 Å². The van der Waals surface area contributed by atoms with Crippen molar-refractivity contribution >= 4 is 7.75 Å². The molecule has 2 aromatic rings. The molecule has 3 heterocycles. The molecule has 4 atom stereocenters. The van der Waals surface area contributed by atoms with Crippen LogP contribution in [-0.2, 0) is 24.9 Å². The van der Waals surface area contributed by atoms with Crippen molar-refractivity contribution in [1.82, 2.24) is 14.6 Å². The van der Waals surface area contributed by atoms with E-state index in [0.29, 0.717) is 6.07 Å². The second-order valence-corrected chi connectivity index (χ2v) is 8.30. The van der Waals surface area contributed by atoms with Crippen LogP contribution in [0.25, 0.3) is 0 Å². The summed E-state index contributed by atoms with van der Waals surface area (Å²) in [5, 5.41) is 2.49. The first-order valence-corrected chi connectivity index (χ1v) is 10.1. The third-order valence-corrected chi connectivity index (χ3v) is 6.16. The molecule has 2 aliphatic rings. The van der Waals surface area contributed by atoms with Crippen LogP contribution in [0.15, 0.2) is 34.0 Å². The van der Waals surface area contributed by atoms with Gasteiger partial charge in [0.1, 0.15) is 30.1 Å². The summed E-state index contributed by atoms with van der Waals surface area (Å²) in [7, 11) is -3.84. The van der Waals surface area contributed by atoms with Crippen LogP contribution in [-0.4, -0.2) is 28.4 Å².